The largest absolute Gasteiger partial charge is 0.411 e. The lowest BCUT2D eigenvalue weighted by molar-refractivity contribution is -0.186. The molecule has 0 aliphatic heterocycles. The van der Waals surface area contributed by atoms with Crippen LogP contribution in [0.4, 0.5) is 13.2 Å². The monoisotopic (exact) mass is 214 g/mol. The average Bonchev–Trinajstić information content (AvgIpc) is 2.10. The molecule has 84 valence electrons. The fraction of sp³-hybridized carbons (Fsp3) is 0.857. The SMILES string of the molecule is CNC(=O)[C@@H](N)[C@@H](C)OCC(F)(F)F. The van der Waals surface area contributed by atoms with Crippen molar-refractivity contribution in [1.29, 1.82) is 0 Å². The number of alkyl halides is 3. The fourth-order valence-electron chi connectivity index (χ4n) is 0.709. The zero-order valence-corrected chi connectivity index (χ0v) is 7.89. The molecule has 0 radical (unpaired) electrons. The van der Waals surface area contributed by atoms with Crippen molar-refractivity contribution in [3.8, 4) is 0 Å². The van der Waals surface area contributed by atoms with Crippen molar-refractivity contribution in [2.75, 3.05) is 13.7 Å². The molecule has 0 fully saturated rings. The summed E-state index contributed by atoms with van der Waals surface area (Å²) >= 11 is 0. The molecule has 0 heterocycles. The summed E-state index contributed by atoms with van der Waals surface area (Å²) in [5.41, 5.74) is 5.30. The third-order valence-electron chi connectivity index (χ3n) is 1.56. The van der Waals surface area contributed by atoms with E-state index in [4.69, 9.17) is 5.73 Å². The van der Waals surface area contributed by atoms with Gasteiger partial charge in [-0.15, -0.1) is 0 Å². The first-order chi connectivity index (χ1) is 6.28. The number of rotatable bonds is 4. The van der Waals surface area contributed by atoms with Gasteiger partial charge in [0.2, 0.25) is 5.91 Å². The zero-order chi connectivity index (χ0) is 11.4. The number of halogens is 3. The standard InChI is InChI=1S/C7H13F3N2O2/c1-4(5(11)6(13)12-2)14-3-7(8,9)10/h4-5H,3,11H2,1-2H3,(H,12,13)/t4-,5+/m1/s1. The van der Waals surface area contributed by atoms with Gasteiger partial charge < -0.3 is 15.8 Å². The summed E-state index contributed by atoms with van der Waals surface area (Å²) < 4.78 is 39.5. The highest BCUT2D eigenvalue weighted by Crippen LogP contribution is 2.15. The molecule has 0 spiro atoms. The van der Waals surface area contributed by atoms with Crippen LogP contribution >= 0.6 is 0 Å². The normalized spacial score (nSPS) is 16.1. The first-order valence-corrected chi connectivity index (χ1v) is 3.93. The zero-order valence-electron chi connectivity index (χ0n) is 7.89. The molecule has 1 amide bonds. The smallest absolute Gasteiger partial charge is 0.367 e. The van der Waals surface area contributed by atoms with Gasteiger partial charge in [-0.2, -0.15) is 13.2 Å². The van der Waals surface area contributed by atoms with E-state index in [1.54, 1.807) is 0 Å². The number of likely N-dealkylation sites (N-methyl/N-ethyl adjacent to an activating group) is 1. The molecule has 0 aliphatic carbocycles. The van der Waals surface area contributed by atoms with Gasteiger partial charge in [0, 0.05) is 7.05 Å². The van der Waals surface area contributed by atoms with Crippen molar-refractivity contribution in [1.82, 2.24) is 5.32 Å². The van der Waals surface area contributed by atoms with Crippen LogP contribution in [0.3, 0.4) is 0 Å². The molecule has 0 rings (SSSR count). The summed E-state index contributed by atoms with van der Waals surface area (Å²) in [6.45, 7) is -0.0928. The lowest BCUT2D eigenvalue weighted by atomic mass is 10.2. The van der Waals surface area contributed by atoms with E-state index in [0.717, 1.165) is 0 Å². The van der Waals surface area contributed by atoms with E-state index in [9.17, 15) is 18.0 Å². The molecule has 7 heteroatoms. The molecule has 0 aliphatic rings. The summed E-state index contributed by atoms with van der Waals surface area (Å²) in [4.78, 5) is 10.9. The molecule has 3 N–H and O–H groups in total. The molecule has 0 bridgehead atoms. The van der Waals surface area contributed by atoms with Gasteiger partial charge in [-0.1, -0.05) is 0 Å². The van der Waals surface area contributed by atoms with Crippen LogP contribution in [0, 0.1) is 0 Å². The Morgan fingerprint density at radius 3 is 2.43 bits per heavy atom. The number of ether oxygens (including phenoxy) is 1. The number of nitrogens with two attached hydrogens (primary N) is 1. The van der Waals surface area contributed by atoms with Gasteiger partial charge in [-0.3, -0.25) is 4.79 Å². The minimum absolute atomic E-state index is 0.556. The van der Waals surface area contributed by atoms with Crippen molar-refractivity contribution < 1.29 is 22.7 Å². The highest BCUT2D eigenvalue weighted by Gasteiger charge is 2.30. The van der Waals surface area contributed by atoms with Crippen molar-refractivity contribution in [2.45, 2.75) is 25.2 Å². The first-order valence-electron chi connectivity index (χ1n) is 3.93. The molecule has 4 nitrogen and oxygen atoms in total. The number of hydrogen-bond donors (Lipinski definition) is 2. The predicted molar refractivity (Wildman–Crippen MR) is 43.5 cm³/mol. The lowest BCUT2D eigenvalue weighted by Crippen LogP contribution is -2.47. The molecule has 0 saturated carbocycles. The Bertz CT molecular complexity index is 196. The van der Waals surface area contributed by atoms with E-state index in [1.807, 2.05) is 0 Å². The second kappa shape index (κ2) is 5.16. The minimum Gasteiger partial charge on any atom is -0.367 e. The number of carbonyl (C=O) groups excluding carboxylic acids is 1. The molecule has 0 aromatic carbocycles. The average molecular weight is 214 g/mol. The van der Waals surface area contributed by atoms with E-state index in [1.165, 1.54) is 14.0 Å². The number of amides is 1. The number of hydrogen-bond acceptors (Lipinski definition) is 3. The van der Waals surface area contributed by atoms with Crippen LogP contribution in [0.2, 0.25) is 0 Å². The van der Waals surface area contributed by atoms with Crippen LogP contribution in [0.1, 0.15) is 6.92 Å². The Hall–Kier alpha value is -0.820. The lowest BCUT2D eigenvalue weighted by Gasteiger charge is -2.19. The van der Waals surface area contributed by atoms with Gasteiger partial charge in [0.05, 0.1) is 6.10 Å². The molecule has 0 aromatic rings. The molecule has 0 aromatic heterocycles. The van der Waals surface area contributed by atoms with E-state index < -0.39 is 30.8 Å². The fourth-order valence-corrected chi connectivity index (χ4v) is 0.709. The quantitative estimate of drug-likeness (QED) is 0.693. The van der Waals surface area contributed by atoms with Crippen LogP contribution in [0.15, 0.2) is 0 Å². The second-order valence-electron chi connectivity index (χ2n) is 2.77. The van der Waals surface area contributed by atoms with Gasteiger partial charge >= 0.3 is 6.18 Å². The number of carbonyl (C=O) groups is 1. The van der Waals surface area contributed by atoms with Gasteiger partial charge in [0.1, 0.15) is 12.6 Å². The van der Waals surface area contributed by atoms with Crippen molar-refractivity contribution in [3.05, 3.63) is 0 Å². The molecule has 0 unspecified atom stereocenters. The summed E-state index contributed by atoms with van der Waals surface area (Å²) in [6, 6.07) is -1.10. The van der Waals surface area contributed by atoms with Crippen LogP contribution < -0.4 is 11.1 Å². The molecule has 14 heavy (non-hydrogen) atoms. The minimum atomic E-state index is -4.41. The summed E-state index contributed by atoms with van der Waals surface area (Å²) in [7, 11) is 1.35. The molecule has 2 atom stereocenters. The Labute approximate surface area is 79.6 Å². The first kappa shape index (κ1) is 13.2. The second-order valence-corrected chi connectivity index (χ2v) is 2.77. The van der Waals surface area contributed by atoms with Gasteiger partial charge in [0.25, 0.3) is 0 Å². The van der Waals surface area contributed by atoms with E-state index in [0.29, 0.717) is 0 Å². The molecule has 0 saturated heterocycles. The predicted octanol–water partition coefficient (Wildman–Crippen LogP) is 0.0271. The van der Waals surface area contributed by atoms with Crippen LogP contribution in [-0.4, -0.2) is 37.9 Å². The van der Waals surface area contributed by atoms with E-state index in [-0.39, 0.29) is 0 Å². The van der Waals surface area contributed by atoms with Crippen molar-refractivity contribution in [2.24, 2.45) is 5.73 Å². The summed E-state index contributed by atoms with van der Waals surface area (Å²) in [5, 5.41) is 2.22. The highest BCUT2D eigenvalue weighted by molar-refractivity contribution is 5.81. The van der Waals surface area contributed by atoms with Crippen LogP contribution in [0.5, 0.6) is 0 Å². The Kier molecular flexibility index (Phi) is 4.86. The third-order valence-corrected chi connectivity index (χ3v) is 1.56. The molecular formula is C7H13F3N2O2. The Morgan fingerprint density at radius 2 is 2.07 bits per heavy atom. The third kappa shape index (κ3) is 5.03. The Morgan fingerprint density at radius 1 is 1.57 bits per heavy atom. The van der Waals surface area contributed by atoms with Gasteiger partial charge in [-0.05, 0) is 6.92 Å². The Balaban J connectivity index is 3.96. The summed E-state index contributed by atoms with van der Waals surface area (Å²) in [6.07, 6.45) is -5.38. The topological polar surface area (TPSA) is 64.4 Å². The maximum absolute atomic E-state index is 11.7. The summed E-state index contributed by atoms with van der Waals surface area (Å²) in [5.74, 6) is -0.556. The van der Waals surface area contributed by atoms with E-state index >= 15 is 0 Å². The maximum atomic E-state index is 11.7. The van der Waals surface area contributed by atoms with Crippen molar-refractivity contribution in [3.63, 3.8) is 0 Å². The molecular weight excluding hydrogens is 201 g/mol. The van der Waals surface area contributed by atoms with Gasteiger partial charge in [-0.25, -0.2) is 0 Å². The van der Waals surface area contributed by atoms with Crippen LogP contribution in [-0.2, 0) is 9.53 Å². The van der Waals surface area contributed by atoms with Gasteiger partial charge in [0.15, 0.2) is 0 Å². The van der Waals surface area contributed by atoms with Crippen molar-refractivity contribution >= 4 is 5.91 Å². The number of nitrogens with one attached hydrogen (secondary N) is 1. The van der Waals surface area contributed by atoms with Crippen LogP contribution in [0.25, 0.3) is 0 Å². The highest BCUT2D eigenvalue weighted by atomic mass is 19.4. The van der Waals surface area contributed by atoms with E-state index in [2.05, 4.69) is 10.1 Å². The maximum Gasteiger partial charge on any atom is 0.411 e.